The normalized spacial score (nSPS) is 13.4. The van der Waals surface area contributed by atoms with Crippen LogP contribution in [-0.4, -0.2) is 17.2 Å². The van der Waals surface area contributed by atoms with Gasteiger partial charge in [-0.15, -0.1) is 0 Å². The molecule has 0 saturated carbocycles. The molecule has 0 atom stereocenters. The molecule has 1 aliphatic rings. The molecular formula is C12H10IN3O. The van der Waals surface area contributed by atoms with Gasteiger partial charge in [-0.2, -0.15) is 4.98 Å². The lowest BCUT2D eigenvalue weighted by Gasteiger charge is -2.02. The Morgan fingerprint density at radius 3 is 3.06 bits per heavy atom. The zero-order chi connectivity index (χ0) is 11.8. The first-order chi connectivity index (χ1) is 8.28. The molecule has 0 radical (unpaired) electrons. The Morgan fingerprint density at radius 2 is 2.29 bits per heavy atom. The maximum absolute atomic E-state index is 5.03. The minimum Gasteiger partial charge on any atom is -0.341 e. The molecule has 0 aliphatic heterocycles. The molecule has 17 heavy (non-hydrogen) atoms. The van der Waals surface area contributed by atoms with E-state index in [1.807, 2.05) is 6.07 Å². The van der Waals surface area contributed by atoms with Gasteiger partial charge in [0.15, 0.2) is 0 Å². The van der Waals surface area contributed by atoms with Crippen LogP contribution in [0.4, 0.5) is 6.01 Å². The second kappa shape index (κ2) is 4.14. The minimum absolute atomic E-state index is 0.436. The number of rotatable bonds is 2. The van der Waals surface area contributed by atoms with E-state index >= 15 is 0 Å². The van der Waals surface area contributed by atoms with Crippen LogP contribution >= 0.6 is 22.6 Å². The summed E-state index contributed by atoms with van der Waals surface area (Å²) in [7, 11) is 1.76. The van der Waals surface area contributed by atoms with Crippen molar-refractivity contribution in [2.24, 2.45) is 0 Å². The Morgan fingerprint density at radius 1 is 1.41 bits per heavy atom. The summed E-state index contributed by atoms with van der Waals surface area (Å²) in [4.78, 5) is 4.24. The maximum Gasteiger partial charge on any atom is 0.321 e. The number of nitrogens with one attached hydrogen (secondary N) is 1. The van der Waals surface area contributed by atoms with Crippen molar-refractivity contribution in [3.8, 4) is 11.4 Å². The van der Waals surface area contributed by atoms with E-state index < -0.39 is 0 Å². The lowest BCUT2D eigenvalue weighted by Crippen LogP contribution is -1.88. The van der Waals surface area contributed by atoms with E-state index in [1.165, 1.54) is 14.7 Å². The first kappa shape index (κ1) is 10.8. The Labute approximate surface area is 112 Å². The lowest BCUT2D eigenvalue weighted by molar-refractivity contribution is 0.434. The number of allylic oxidation sites excluding steroid dienone is 1. The number of aromatic nitrogens is 2. The molecule has 4 nitrogen and oxygen atoms in total. The SMILES string of the molecule is CNc1nc(-c2ccc3c(c2)C(I)=CC3)no1. The third-order valence-corrected chi connectivity index (χ3v) is 3.79. The van der Waals surface area contributed by atoms with Gasteiger partial charge in [-0.05, 0) is 46.2 Å². The average Bonchev–Trinajstić information content (AvgIpc) is 2.96. The van der Waals surface area contributed by atoms with Gasteiger partial charge < -0.3 is 9.84 Å². The molecule has 1 aromatic carbocycles. The summed E-state index contributed by atoms with van der Waals surface area (Å²) in [6, 6.07) is 6.71. The number of fused-ring (bicyclic) bond motifs is 1. The zero-order valence-corrected chi connectivity index (χ0v) is 11.4. The molecule has 0 saturated heterocycles. The number of hydrogen-bond acceptors (Lipinski definition) is 4. The third kappa shape index (κ3) is 1.84. The first-order valence-corrected chi connectivity index (χ1v) is 6.36. The fourth-order valence-corrected chi connectivity index (χ4v) is 2.59. The Hall–Kier alpha value is -1.37. The molecule has 1 aromatic heterocycles. The monoisotopic (exact) mass is 339 g/mol. The second-order valence-electron chi connectivity index (χ2n) is 3.80. The topological polar surface area (TPSA) is 51.0 Å². The smallest absolute Gasteiger partial charge is 0.321 e. The van der Waals surface area contributed by atoms with Crippen LogP contribution in [0.2, 0.25) is 0 Å². The van der Waals surface area contributed by atoms with Gasteiger partial charge in [0, 0.05) is 16.2 Å². The highest BCUT2D eigenvalue weighted by molar-refractivity contribution is 14.1. The number of anilines is 1. The van der Waals surface area contributed by atoms with Crippen molar-refractivity contribution in [1.82, 2.24) is 10.1 Å². The Kier molecular flexibility index (Phi) is 2.62. The number of nitrogens with zero attached hydrogens (tertiary/aromatic N) is 2. The van der Waals surface area contributed by atoms with Gasteiger partial charge in [0.05, 0.1) is 0 Å². The largest absolute Gasteiger partial charge is 0.341 e. The molecule has 0 bridgehead atoms. The van der Waals surface area contributed by atoms with Gasteiger partial charge >= 0.3 is 6.01 Å². The second-order valence-corrected chi connectivity index (χ2v) is 4.96. The van der Waals surface area contributed by atoms with Gasteiger partial charge in [0.25, 0.3) is 0 Å². The molecule has 1 heterocycles. The highest BCUT2D eigenvalue weighted by Gasteiger charge is 2.14. The first-order valence-electron chi connectivity index (χ1n) is 5.29. The third-order valence-electron chi connectivity index (χ3n) is 2.77. The number of hydrogen-bond donors (Lipinski definition) is 1. The highest BCUT2D eigenvalue weighted by Crippen LogP contribution is 2.34. The predicted octanol–water partition coefficient (Wildman–Crippen LogP) is 3.11. The fourth-order valence-electron chi connectivity index (χ4n) is 1.87. The van der Waals surface area contributed by atoms with Crippen molar-refractivity contribution < 1.29 is 4.52 Å². The summed E-state index contributed by atoms with van der Waals surface area (Å²) in [6.07, 6.45) is 3.24. The molecule has 1 aliphatic carbocycles. The minimum atomic E-state index is 0.436. The standard InChI is InChI=1S/C12H10IN3O/c1-14-12-15-11(16-17-12)8-3-2-7-4-5-10(13)9(7)6-8/h2-3,5-6H,4H2,1H3,(H,14,15,16). The molecule has 0 unspecified atom stereocenters. The quantitative estimate of drug-likeness (QED) is 0.855. The molecule has 0 amide bonds. The summed E-state index contributed by atoms with van der Waals surface area (Å²) >= 11 is 2.36. The van der Waals surface area contributed by atoms with E-state index in [4.69, 9.17) is 4.52 Å². The Balaban J connectivity index is 2.04. The van der Waals surface area contributed by atoms with Crippen LogP contribution in [0.3, 0.4) is 0 Å². The highest BCUT2D eigenvalue weighted by atomic mass is 127. The van der Waals surface area contributed by atoms with E-state index in [0.717, 1.165) is 12.0 Å². The van der Waals surface area contributed by atoms with Crippen LogP contribution in [0, 0.1) is 0 Å². The molecular weight excluding hydrogens is 329 g/mol. The van der Waals surface area contributed by atoms with Gasteiger partial charge in [-0.25, -0.2) is 0 Å². The van der Waals surface area contributed by atoms with E-state index in [-0.39, 0.29) is 0 Å². The van der Waals surface area contributed by atoms with Crippen molar-refractivity contribution >= 4 is 32.2 Å². The summed E-state index contributed by atoms with van der Waals surface area (Å²) < 4.78 is 6.31. The predicted molar refractivity (Wildman–Crippen MR) is 75.0 cm³/mol. The van der Waals surface area contributed by atoms with Crippen molar-refractivity contribution in [3.63, 3.8) is 0 Å². The van der Waals surface area contributed by atoms with Crippen LogP contribution in [0.25, 0.3) is 15.0 Å². The summed E-state index contributed by atoms with van der Waals surface area (Å²) in [5, 5.41) is 6.76. The van der Waals surface area contributed by atoms with Gasteiger partial charge in [0.2, 0.25) is 5.82 Å². The Bertz CT molecular complexity index is 604. The van der Waals surface area contributed by atoms with Gasteiger partial charge in [0.1, 0.15) is 0 Å². The average molecular weight is 339 g/mol. The van der Waals surface area contributed by atoms with Crippen LogP contribution in [-0.2, 0) is 6.42 Å². The molecule has 0 spiro atoms. The number of benzene rings is 1. The molecule has 5 heteroatoms. The summed E-state index contributed by atoms with van der Waals surface area (Å²) in [5.74, 6) is 0.619. The van der Waals surface area contributed by atoms with Gasteiger partial charge in [-0.3, -0.25) is 0 Å². The van der Waals surface area contributed by atoms with Crippen LogP contribution in [0.15, 0.2) is 28.8 Å². The van der Waals surface area contributed by atoms with Crippen LogP contribution < -0.4 is 5.32 Å². The van der Waals surface area contributed by atoms with Crippen LogP contribution in [0.1, 0.15) is 11.1 Å². The number of halogens is 1. The van der Waals surface area contributed by atoms with Crippen LogP contribution in [0.5, 0.6) is 0 Å². The van der Waals surface area contributed by atoms with Crippen molar-refractivity contribution in [1.29, 1.82) is 0 Å². The van der Waals surface area contributed by atoms with Gasteiger partial charge in [-0.1, -0.05) is 23.4 Å². The zero-order valence-electron chi connectivity index (χ0n) is 9.20. The molecule has 86 valence electrons. The van der Waals surface area contributed by atoms with E-state index in [1.54, 1.807) is 7.05 Å². The molecule has 2 aromatic rings. The summed E-state index contributed by atoms with van der Waals surface area (Å²) in [5.41, 5.74) is 3.62. The van der Waals surface area contributed by atoms with E-state index in [2.05, 4.69) is 56.3 Å². The fraction of sp³-hybridized carbons (Fsp3) is 0.167. The summed E-state index contributed by atoms with van der Waals surface area (Å²) in [6.45, 7) is 0. The van der Waals surface area contributed by atoms with E-state index in [9.17, 15) is 0 Å². The lowest BCUT2D eigenvalue weighted by atomic mass is 10.1. The van der Waals surface area contributed by atoms with Crippen molar-refractivity contribution in [2.75, 3.05) is 12.4 Å². The molecule has 3 rings (SSSR count). The molecule has 1 N–H and O–H groups in total. The molecule has 0 fully saturated rings. The maximum atomic E-state index is 5.03. The van der Waals surface area contributed by atoms with Crippen molar-refractivity contribution in [3.05, 3.63) is 35.4 Å². The van der Waals surface area contributed by atoms with E-state index in [0.29, 0.717) is 11.8 Å². The van der Waals surface area contributed by atoms with Crippen molar-refractivity contribution in [2.45, 2.75) is 6.42 Å².